The minimum Gasteiger partial charge on any atom is -0.340 e. The molecule has 1 aromatic rings. The quantitative estimate of drug-likeness (QED) is 0.571. The second kappa shape index (κ2) is 4.08. The third-order valence-corrected chi connectivity index (χ3v) is 3.32. The van der Waals surface area contributed by atoms with Gasteiger partial charge in [-0.3, -0.25) is 0 Å². The van der Waals surface area contributed by atoms with Gasteiger partial charge in [0.05, 0.1) is 0 Å². The van der Waals surface area contributed by atoms with Crippen LogP contribution in [0.5, 0.6) is 0 Å². The number of anilines is 1. The van der Waals surface area contributed by atoms with Crippen LogP contribution in [0.25, 0.3) is 0 Å². The van der Waals surface area contributed by atoms with Crippen LogP contribution in [0.15, 0.2) is 12.4 Å². The van der Waals surface area contributed by atoms with Gasteiger partial charge < -0.3 is 4.90 Å². The summed E-state index contributed by atoms with van der Waals surface area (Å²) in [5.41, 5.74) is 0. The zero-order chi connectivity index (χ0) is 9.26. The Hall–Kier alpha value is 0.0900. The summed E-state index contributed by atoms with van der Waals surface area (Å²) in [5.74, 6) is 0.849. The SMILES string of the molecule is BrC1CCN(c2ncc(I)cn2)C1. The fourth-order valence-corrected chi connectivity index (χ4v) is 2.20. The van der Waals surface area contributed by atoms with E-state index in [9.17, 15) is 0 Å². The highest BCUT2D eigenvalue weighted by molar-refractivity contribution is 14.1. The molecule has 1 aliphatic rings. The molecule has 1 saturated heterocycles. The van der Waals surface area contributed by atoms with E-state index in [2.05, 4.69) is 53.4 Å². The molecule has 0 aromatic carbocycles. The second-order valence-electron chi connectivity index (χ2n) is 3.03. The zero-order valence-corrected chi connectivity index (χ0v) is 10.7. The lowest BCUT2D eigenvalue weighted by Crippen LogP contribution is -2.21. The maximum absolute atomic E-state index is 4.28. The number of hydrogen-bond donors (Lipinski definition) is 0. The largest absolute Gasteiger partial charge is 0.340 e. The molecule has 1 aromatic heterocycles. The summed E-state index contributed by atoms with van der Waals surface area (Å²) >= 11 is 5.80. The number of nitrogens with zero attached hydrogens (tertiary/aromatic N) is 3. The Morgan fingerprint density at radius 2 is 2.15 bits per heavy atom. The van der Waals surface area contributed by atoms with Crippen molar-refractivity contribution in [1.82, 2.24) is 9.97 Å². The molecule has 0 aliphatic carbocycles. The van der Waals surface area contributed by atoms with Gasteiger partial charge in [-0.05, 0) is 29.0 Å². The number of halogens is 2. The molecule has 1 atom stereocenters. The molecule has 0 spiro atoms. The lowest BCUT2D eigenvalue weighted by atomic mass is 10.4. The molecule has 0 radical (unpaired) electrons. The number of alkyl halides is 1. The van der Waals surface area contributed by atoms with E-state index in [1.54, 1.807) is 0 Å². The van der Waals surface area contributed by atoms with Crippen LogP contribution < -0.4 is 4.90 Å². The van der Waals surface area contributed by atoms with Crippen molar-refractivity contribution in [3.8, 4) is 0 Å². The molecule has 0 saturated carbocycles. The molecule has 1 unspecified atom stereocenters. The first kappa shape index (κ1) is 9.64. The van der Waals surface area contributed by atoms with E-state index in [1.807, 2.05) is 12.4 Å². The summed E-state index contributed by atoms with van der Waals surface area (Å²) in [7, 11) is 0. The van der Waals surface area contributed by atoms with E-state index in [4.69, 9.17) is 0 Å². The Morgan fingerprint density at radius 3 is 2.69 bits per heavy atom. The van der Waals surface area contributed by atoms with Crippen molar-refractivity contribution >= 4 is 44.5 Å². The third kappa shape index (κ3) is 2.31. The average molecular weight is 354 g/mol. The lowest BCUT2D eigenvalue weighted by molar-refractivity contribution is 0.897. The maximum atomic E-state index is 4.28. The van der Waals surface area contributed by atoms with Gasteiger partial charge in [0.15, 0.2) is 0 Å². The molecule has 1 aliphatic heterocycles. The van der Waals surface area contributed by atoms with E-state index in [1.165, 1.54) is 6.42 Å². The highest BCUT2D eigenvalue weighted by Crippen LogP contribution is 2.20. The predicted octanol–water partition coefficient (Wildman–Crippen LogP) is 2.05. The Balaban J connectivity index is 2.13. The van der Waals surface area contributed by atoms with Crippen LogP contribution >= 0.6 is 38.5 Å². The van der Waals surface area contributed by atoms with Gasteiger partial charge >= 0.3 is 0 Å². The van der Waals surface area contributed by atoms with Crippen molar-refractivity contribution < 1.29 is 0 Å². The molecule has 0 N–H and O–H groups in total. The van der Waals surface area contributed by atoms with Crippen molar-refractivity contribution in [3.63, 3.8) is 0 Å². The van der Waals surface area contributed by atoms with Crippen molar-refractivity contribution in [1.29, 1.82) is 0 Å². The number of aromatic nitrogens is 2. The van der Waals surface area contributed by atoms with Crippen molar-refractivity contribution in [2.45, 2.75) is 11.2 Å². The molecule has 70 valence electrons. The second-order valence-corrected chi connectivity index (χ2v) is 5.57. The lowest BCUT2D eigenvalue weighted by Gasteiger charge is -2.14. The van der Waals surface area contributed by atoms with Crippen LogP contribution in [0.3, 0.4) is 0 Å². The van der Waals surface area contributed by atoms with Crippen LogP contribution in [0.1, 0.15) is 6.42 Å². The smallest absolute Gasteiger partial charge is 0.225 e. The minimum atomic E-state index is 0.593. The molecule has 2 rings (SSSR count). The predicted molar refractivity (Wildman–Crippen MR) is 64.3 cm³/mol. The molecular weight excluding hydrogens is 345 g/mol. The zero-order valence-electron chi connectivity index (χ0n) is 6.95. The summed E-state index contributed by atoms with van der Waals surface area (Å²) in [6.45, 7) is 2.07. The summed E-state index contributed by atoms with van der Waals surface area (Å²) in [6.07, 6.45) is 4.88. The van der Waals surface area contributed by atoms with E-state index in [0.29, 0.717) is 4.83 Å². The van der Waals surface area contributed by atoms with Crippen LogP contribution in [-0.4, -0.2) is 27.9 Å². The fraction of sp³-hybridized carbons (Fsp3) is 0.500. The standard InChI is InChI=1S/C8H9BrIN3/c9-6-1-2-13(5-6)8-11-3-7(10)4-12-8/h3-4,6H,1-2,5H2. The first-order chi connectivity index (χ1) is 6.25. The topological polar surface area (TPSA) is 29.0 Å². The van der Waals surface area contributed by atoms with Gasteiger partial charge in [-0.1, -0.05) is 15.9 Å². The normalized spacial score (nSPS) is 22.3. The molecule has 1 fully saturated rings. The van der Waals surface area contributed by atoms with E-state index >= 15 is 0 Å². The van der Waals surface area contributed by atoms with Gasteiger partial charge in [0.2, 0.25) is 5.95 Å². The fourth-order valence-electron chi connectivity index (χ4n) is 1.37. The van der Waals surface area contributed by atoms with Crippen LogP contribution in [0, 0.1) is 3.57 Å². The van der Waals surface area contributed by atoms with Crippen molar-refractivity contribution in [3.05, 3.63) is 16.0 Å². The first-order valence-electron chi connectivity index (χ1n) is 4.12. The van der Waals surface area contributed by atoms with Gasteiger partial charge in [-0.15, -0.1) is 0 Å². The van der Waals surface area contributed by atoms with E-state index in [0.717, 1.165) is 22.6 Å². The van der Waals surface area contributed by atoms with Gasteiger partial charge in [0, 0.05) is 33.9 Å². The van der Waals surface area contributed by atoms with Crippen molar-refractivity contribution in [2.75, 3.05) is 18.0 Å². The average Bonchev–Trinajstić information content (AvgIpc) is 2.53. The summed E-state index contributed by atoms with van der Waals surface area (Å²) in [4.78, 5) is 11.4. The van der Waals surface area contributed by atoms with Crippen LogP contribution in [0.4, 0.5) is 5.95 Å². The molecule has 3 nitrogen and oxygen atoms in total. The maximum Gasteiger partial charge on any atom is 0.225 e. The number of hydrogen-bond acceptors (Lipinski definition) is 3. The van der Waals surface area contributed by atoms with Gasteiger partial charge in [-0.25, -0.2) is 9.97 Å². The molecule has 2 heterocycles. The first-order valence-corrected chi connectivity index (χ1v) is 6.12. The van der Waals surface area contributed by atoms with Gasteiger partial charge in [0.25, 0.3) is 0 Å². The summed E-state index contributed by atoms with van der Waals surface area (Å²) in [6, 6.07) is 0. The Labute approximate surface area is 99.2 Å². The van der Waals surface area contributed by atoms with Crippen LogP contribution in [-0.2, 0) is 0 Å². The van der Waals surface area contributed by atoms with E-state index in [-0.39, 0.29) is 0 Å². The molecular formula is C8H9BrIN3. The Bertz CT molecular complexity index is 290. The molecule has 0 bridgehead atoms. The third-order valence-electron chi connectivity index (χ3n) is 2.02. The highest BCUT2D eigenvalue weighted by atomic mass is 127. The minimum absolute atomic E-state index is 0.593. The molecule has 13 heavy (non-hydrogen) atoms. The summed E-state index contributed by atoms with van der Waals surface area (Å²) < 4.78 is 1.08. The van der Waals surface area contributed by atoms with Gasteiger partial charge in [0.1, 0.15) is 0 Å². The summed E-state index contributed by atoms with van der Waals surface area (Å²) in [5, 5.41) is 0. The van der Waals surface area contributed by atoms with Crippen molar-refractivity contribution in [2.24, 2.45) is 0 Å². The highest BCUT2D eigenvalue weighted by Gasteiger charge is 2.21. The Kier molecular flexibility index (Phi) is 3.02. The van der Waals surface area contributed by atoms with E-state index < -0.39 is 0 Å². The number of rotatable bonds is 1. The molecule has 0 amide bonds. The van der Waals surface area contributed by atoms with Crippen LogP contribution in [0.2, 0.25) is 0 Å². The Morgan fingerprint density at radius 1 is 1.46 bits per heavy atom. The monoisotopic (exact) mass is 353 g/mol. The van der Waals surface area contributed by atoms with Gasteiger partial charge in [-0.2, -0.15) is 0 Å². The molecule has 5 heteroatoms.